The molecule has 7 heteroatoms. The standard InChI is InChI=1S/C13H14ClN3OS2/c1-7(15)5-9-10(14)11-12(19-9)13(20-17-11)16-6-8-3-2-4-18-8/h2-4,7,16H,5-6,15H2,1H3/t7-/m0/s1. The van der Waals surface area contributed by atoms with Gasteiger partial charge in [0.1, 0.15) is 16.3 Å². The highest BCUT2D eigenvalue weighted by Gasteiger charge is 2.17. The van der Waals surface area contributed by atoms with Gasteiger partial charge in [-0.25, -0.2) is 0 Å². The molecule has 1 atom stereocenters. The number of nitrogens with two attached hydrogens (primary N) is 1. The molecule has 0 aromatic carbocycles. The van der Waals surface area contributed by atoms with Gasteiger partial charge in [0, 0.05) is 10.9 Å². The molecule has 106 valence electrons. The quantitative estimate of drug-likeness (QED) is 0.740. The van der Waals surface area contributed by atoms with Gasteiger partial charge in [0.15, 0.2) is 0 Å². The van der Waals surface area contributed by atoms with Crippen LogP contribution in [0.15, 0.2) is 22.8 Å². The molecule has 3 heterocycles. The van der Waals surface area contributed by atoms with E-state index in [1.54, 1.807) is 17.6 Å². The lowest BCUT2D eigenvalue weighted by molar-refractivity contribution is 0.518. The average molecular weight is 328 g/mol. The number of hydrogen-bond acceptors (Lipinski definition) is 6. The van der Waals surface area contributed by atoms with E-state index in [9.17, 15) is 0 Å². The van der Waals surface area contributed by atoms with Crippen LogP contribution in [0.3, 0.4) is 0 Å². The van der Waals surface area contributed by atoms with Crippen LogP contribution in [0.5, 0.6) is 0 Å². The predicted octanol–water partition coefficient (Wildman–Crippen LogP) is 4.11. The number of rotatable bonds is 5. The summed E-state index contributed by atoms with van der Waals surface area (Å²) < 4.78 is 10.8. The Morgan fingerprint density at radius 1 is 1.55 bits per heavy atom. The minimum atomic E-state index is 0.0958. The second kappa shape index (κ2) is 5.73. The van der Waals surface area contributed by atoms with Gasteiger partial charge in [0.25, 0.3) is 0 Å². The molecule has 3 rings (SSSR count). The zero-order valence-electron chi connectivity index (χ0n) is 10.9. The summed E-state index contributed by atoms with van der Waals surface area (Å²) in [7, 11) is 0. The first kappa shape index (κ1) is 13.9. The van der Waals surface area contributed by atoms with Gasteiger partial charge in [-0.15, -0.1) is 11.3 Å². The molecule has 0 fully saturated rings. The SMILES string of the molecule is C[C@H](N)Cc1sc2c(NCc3ccco3)snc2c1Cl. The Morgan fingerprint density at radius 2 is 2.40 bits per heavy atom. The maximum atomic E-state index is 6.37. The van der Waals surface area contributed by atoms with Crippen molar-refractivity contribution < 1.29 is 4.42 Å². The predicted molar refractivity (Wildman–Crippen MR) is 85.9 cm³/mol. The van der Waals surface area contributed by atoms with Crippen LogP contribution in [0.25, 0.3) is 10.2 Å². The van der Waals surface area contributed by atoms with E-state index >= 15 is 0 Å². The third kappa shape index (κ3) is 2.69. The number of anilines is 1. The first-order chi connectivity index (χ1) is 9.65. The molecule has 20 heavy (non-hydrogen) atoms. The number of nitrogens with one attached hydrogen (secondary N) is 1. The molecular formula is C13H14ClN3OS2. The van der Waals surface area contributed by atoms with Gasteiger partial charge in [0.05, 0.1) is 22.5 Å². The molecule has 0 radical (unpaired) electrons. The maximum absolute atomic E-state index is 6.37. The van der Waals surface area contributed by atoms with Gasteiger partial charge in [-0.05, 0) is 37.0 Å². The smallest absolute Gasteiger partial charge is 0.127 e. The van der Waals surface area contributed by atoms with Crippen LogP contribution in [0, 0.1) is 0 Å². The summed E-state index contributed by atoms with van der Waals surface area (Å²) in [6, 6.07) is 3.91. The fourth-order valence-corrected chi connectivity index (χ4v) is 4.53. The Balaban J connectivity index is 1.84. The lowest BCUT2D eigenvalue weighted by Crippen LogP contribution is -2.17. The van der Waals surface area contributed by atoms with Crippen molar-refractivity contribution in [2.45, 2.75) is 25.9 Å². The van der Waals surface area contributed by atoms with Crippen LogP contribution in [-0.2, 0) is 13.0 Å². The topological polar surface area (TPSA) is 64.1 Å². The molecule has 0 aliphatic heterocycles. The normalized spacial score (nSPS) is 12.9. The summed E-state index contributed by atoms with van der Waals surface area (Å²) in [5.74, 6) is 0.894. The summed E-state index contributed by atoms with van der Waals surface area (Å²) in [5.41, 5.74) is 6.72. The van der Waals surface area contributed by atoms with Crippen molar-refractivity contribution in [1.82, 2.24) is 4.37 Å². The largest absolute Gasteiger partial charge is 0.467 e. The van der Waals surface area contributed by atoms with Crippen LogP contribution in [0.2, 0.25) is 5.02 Å². The molecule has 0 saturated carbocycles. The molecule has 0 spiro atoms. The first-order valence-electron chi connectivity index (χ1n) is 6.23. The van der Waals surface area contributed by atoms with Gasteiger partial charge in [-0.2, -0.15) is 4.37 Å². The molecule has 3 aromatic heterocycles. The van der Waals surface area contributed by atoms with Gasteiger partial charge in [0.2, 0.25) is 0 Å². The minimum absolute atomic E-state index is 0.0958. The number of hydrogen-bond donors (Lipinski definition) is 2. The highest BCUT2D eigenvalue weighted by Crippen LogP contribution is 2.41. The molecule has 0 saturated heterocycles. The molecule has 3 N–H and O–H groups in total. The second-order valence-corrected chi connectivity index (χ2v) is 6.90. The van der Waals surface area contributed by atoms with E-state index in [0.717, 1.165) is 37.3 Å². The van der Waals surface area contributed by atoms with E-state index in [-0.39, 0.29) is 6.04 Å². The second-order valence-electron chi connectivity index (χ2n) is 4.64. The molecule has 0 aliphatic rings. The third-order valence-electron chi connectivity index (χ3n) is 2.84. The molecule has 0 bridgehead atoms. The lowest BCUT2D eigenvalue weighted by Gasteiger charge is -2.02. The van der Waals surface area contributed by atoms with Gasteiger partial charge in [-0.3, -0.25) is 0 Å². The van der Waals surface area contributed by atoms with Crippen LogP contribution in [0.4, 0.5) is 5.00 Å². The summed E-state index contributed by atoms with van der Waals surface area (Å²) in [6.07, 6.45) is 2.45. The summed E-state index contributed by atoms with van der Waals surface area (Å²) in [5, 5.41) is 5.11. The molecule has 4 nitrogen and oxygen atoms in total. The maximum Gasteiger partial charge on any atom is 0.127 e. The van der Waals surface area contributed by atoms with Crippen LogP contribution in [0.1, 0.15) is 17.6 Å². The van der Waals surface area contributed by atoms with E-state index in [2.05, 4.69) is 9.69 Å². The van der Waals surface area contributed by atoms with Crippen molar-refractivity contribution in [1.29, 1.82) is 0 Å². The lowest BCUT2D eigenvalue weighted by atomic mass is 10.2. The first-order valence-corrected chi connectivity index (χ1v) is 8.20. The number of thiophene rings is 1. The zero-order valence-corrected chi connectivity index (χ0v) is 13.2. The summed E-state index contributed by atoms with van der Waals surface area (Å²) in [6.45, 7) is 2.62. The Labute approximate surface area is 129 Å². The Morgan fingerprint density at radius 3 is 3.10 bits per heavy atom. The Hall–Kier alpha value is -1.08. The number of fused-ring (bicyclic) bond motifs is 1. The minimum Gasteiger partial charge on any atom is -0.467 e. The Kier molecular flexibility index (Phi) is 3.98. The van der Waals surface area contributed by atoms with E-state index in [1.807, 2.05) is 19.1 Å². The van der Waals surface area contributed by atoms with Crippen LogP contribution >= 0.6 is 34.5 Å². The van der Waals surface area contributed by atoms with Gasteiger partial charge < -0.3 is 15.5 Å². The van der Waals surface area contributed by atoms with Crippen molar-refractivity contribution in [3.8, 4) is 0 Å². The zero-order chi connectivity index (χ0) is 14.1. The summed E-state index contributed by atoms with van der Waals surface area (Å²) in [4.78, 5) is 1.10. The van der Waals surface area contributed by atoms with Crippen molar-refractivity contribution in [2.75, 3.05) is 5.32 Å². The van der Waals surface area contributed by atoms with Crippen LogP contribution < -0.4 is 11.1 Å². The Bertz CT molecular complexity index is 703. The fourth-order valence-electron chi connectivity index (χ4n) is 1.93. The third-order valence-corrected chi connectivity index (χ3v) is 5.51. The van der Waals surface area contributed by atoms with Crippen molar-refractivity contribution >= 4 is 49.7 Å². The van der Waals surface area contributed by atoms with E-state index in [1.165, 1.54) is 11.5 Å². The monoisotopic (exact) mass is 327 g/mol. The van der Waals surface area contributed by atoms with Crippen molar-refractivity contribution in [3.05, 3.63) is 34.1 Å². The van der Waals surface area contributed by atoms with Crippen LogP contribution in [-0.4, -0.2) is 10.4 Å². The molecule has 0 amide bonds. The molecule has 0 unspecified atom stereocenters. The number of aromatic nitrogens is 1. The molecular weight excluding hydrogens is 314 g/mol. The molecule has 3 aromatic rings. The highest BCUT2D eigenvalue weighted by molar-refractivity contribution is 7.25. The van der Waals surface area contributed by atoms with Gasteiger partial charge >= 0.3 is 0 Å². The van der Waals surface area contributed by atoms with E-state index in [0.29, 0.717) is 6.54 Å². The van der Waals surface area contributed by atoms with E-state index in [4.69, 9.17) is 21.8 Å². The fraction of sp³-hybridized carbons (Fsp3) is 0.308. The number of furan rings is 1. The average Bonchev–Trinajstić information content (AvgIpc) is 3.08. The van der Waals surface area contributed by atoms with Crippen molar-refractivity contribution in [3.63, 3.8) is 0 Å². The highest BCUT2D eigenvalue weighted by atomic mass is 35.5. The summed E-state index contributed by atoms with van der Waals surface area (Å²) >= 11 is 9.46. The van der Waals surface area contributed by atoms with Gasteiger partial charge in [-0.1, -0.05) is 11.6 Å². The molecule has 0 aliphatic carbocycles. The number of halogens is 1. The van der Waals surface area contributed by atoms with Crippen molar-refractivity contribution in [2.24, 2.45) is 5.73 Å². The number of nitrogens with zero attached hydrogens (tertiary/aromatic N) is 1. The van der Waals surface area contributed by atoms with E-state index < -0.39 is 0 Å².